The molecule has 0 aromatic heterocycles. The molecule has 1 N–H and O–H groups in total. The summed E-state index contributed by atoms with van der Waals surface area (Å²) in [6.07, 6.45) is 3.97. The third-order valence-corrected chi connectivity index (χ3v) is 5.43. The second-order valence-corrected chi connectivity index (χ2v) is 7.70. The van der Waals surface area contributed by atoms with Gasteiger partial charge in [0.15, 0.2) is 0 Å². The van der Waals surface area contributed by atoms with Crippen molar-refractivity contribution in [2.45, 2.75) is 24.7 Å². The lowest BCUT2D eigenvalue weighted by atomic mass is 10.2. The van der Waals surface area contributed by atoms with Crippen LogP contribution >= 0.6 is 0 Å². The minimum atomic E-state index is -3.70. The smallest absolute Gasteiger partial charge is 0.276 e. The van der Waals surface area contributed by atoms with E-state index in [1.165, 1.54) is 36.9 Å². The van der Waals surface area contributed by atoms with Gasteiger partial charge in [0.2, 0.25) is 0 Å². The Kier molecular flexibility index (Phi) is 5.78. The Morgan fingerprint density at radius 3 is 2.35 bits per heavy atom. The van der Waals surface area contributed by atoms with Gasteiger partial charge in [-0.1, -0.05) is 12.1 Å². The number of hydrogen-bond donors (Lipinski definition) is 1. The van der Waals surface area contributed by atoms with E-state index in [2.05, 4.69) is 14.8 Å². The number of benzene rings is 2. The van der Waals surface area contributed by atoms with Crippen molar-refractivity contribution in [2.24, 2.45) is 5.10 Å². The zero-order valence-electron chi connectivity index (χ0n) is 14.8. The van der Waals surface area contributed by atoms with E-state index >= 15 is 0 Å². The third kappa shape index (κ3) is 4.54. The normalized spacial score (nSPS) is 14.7. The number of anilines is 1. The van der Waals surface area contributed by atoms with Crippen molar-refractivity contribution in [3.63, 3.8) is 0 Å². The Balaban J connectivity index is 1.61. The number of nitrogens with zero attached hydrogens (tertiary/aromatic N) is 2. The average molecular weight is 373 g/mol. The first-order valence-corrected chi connectivity index (χ1v) is 10.2. The SMILES string of the molecule is CCOc1ccc(S(=O)(=O)N/N=C/c2ccc(N3CCCC3)cc2)cc1. The van der Waals surface area contributed by atoms with Crippen LogP contribution in [0.3, 0.4) is 0 Å². The highest BCUT2D eigenvalue weighted by atomic mass is 32.2. The van der Waals surface area contributed by atoms with Crippen molar-refractivity contribution in [1.29, 1.82) is 0 Å². The van der Waals surface area contributed by atoms with Gasteiger partial charge in [-0.2, -0.15) is 13.5 Å². The van der Waals surface area contributed by atoms with E-state index in [1.807, 2.05) is 31.2 Å². The number of rotatable bonds is 7. The molecule has 0 amide bonds. The summed E-state index contributed by atoms with van der Waals surface area (Å²) in [7, 11) is -3.70. The Morgan fingerprint density at radius 2 is 1.73 bits per heavy atom. The summed E-state index contributed by atoms with van der Waals surface area (Å²) in [4.78, 5) is 4.72. The molecule has 0 saturated carbocycles. The van der Waals surface area contributed by atoms with E-state index in [9.17, 15) is 8.42 Å². The summed E-state index contributed by atoms with van der Waals surface area (Å²) in [6.45, 7) is 4.59. The lowest BCUT2D eigenvalue weighted by Crippen LogP contribution is -2.18. The lowest BCUT2D eigenvalue weighted by Gasteiger charge is -2.17. The van der Waals surface area contributed by atoms with E-state index in [0.29, 0.717) is 12.4 Å². The fraction of sp³-hybridized carbons (Fsp3) is 0.316. The maximum Gasteiger partial charge on any atom is 0.276 e. The number of hydrogen-bond acceptors (Lipinski definition) is 5. The van der Waals surface area contributed by atoms with E-state index in [4.69, 9.17) is 4.74 Å². The molecule has 1 saturated heterocycles. The minimum absolute atomic E-state index is 0.141. The predicted octanol–water partition coefficient (Wildman–Crippen LogP) is 3.00. The zero-order valence-corrected chi connectivity index (χ0v) is 15.6. The standard InChI is InChI=1S/C19H23N3O3S/c1-2-25-18-9-11-19(12-10-18)26(23,24)21-20-15-16-5-7-17(8-6-16)22-13-3-4-14-22/h5-12,15,21H,2-4,13-14H2,1H3/b20-15+. The molecule has 1 aliphatic rings. The van der Waals surface area contributed by atoms with Gasteiger partial charge in [-0.15, -0.1) is 0 Å². The molecule has 1 fully saturated rings. The van der Waals surface area contributed by atoms with Gasteiger partial charge < -0.3 is 9.64 Å². The van der Waals surface area contributed by atoms with Crippen LogP contribution in [0.2, 0.25) is 0 Å². The monoisotopic (exact) mass is 373 g/mol. The predicted molar refractivity (Wildman–Crippen MR) is 103 cm³/mol. The molecule has 3 rings (SSSR count). The van der Waals surface area contributed by atoms with E-state index in [-0.39, 0.29) is 4.90 Å². The fourth-order valence-corrected chi connectivity index (χ4v) is 3.64. The van der Waals surface area contributed by atoms with Crippen molar-refractivity contribution in [3.8, 4) is 5.75 Å². The van der Waals surface area contributed by atoms with Gasteiger partial charge in [0.1, 0.15) is 5.75 Å². The Hall–Kier alpha value is -2.54. The molecule has 0 radical (unpaired) electrons. The van der Waals surface area contributed by atoms with Crippen LogP contribution in [0.5, 0.6) is 5.75 Å². The second kappa shape index (κ2) is 8.23. The number of hydrazone groups is 1. The second-order valence-electron chi connectivity index (χ2n) is 6.04. The average Bonchev–Trinajstić information content (AvgIpc) is 3.18. The number of sulfonamides is 1. The molecule has 2 aromatic rings. The molecule has 6 nitrogen and oxygen atoms in total. The van der Waals surface area contributed by atoms with Crippen molar-refractivity contribution < 1.29 is 13.2 Å². The molecule has 0 aliphatic carbocycles. The van der Waals surface area contributed by atoms with E-state index < -0.39 is 10.0 Å². The summed E-state index contributed by atoms with van der Waals surface area (Å²) in [5, 5.41) is 3.87. The summed E-state index contributed by atoms with van der Waals surface area (Å²) in [5.74, 6) is 0.632. The van der Waals surface area contributed by atoms with Crippen molar-refractivity contribution in [3.05, 3.63) is 54.1 Å². The fourth-order valence-electron chi connectivity index (χ4n) is 2.85. The number of nitrogens with one attached hydrogen (secondary N) is 1. The molecule has 0 spiro atoms. The maximum atomic E-state index is 12.2. The summed E-state index contributed by atoms with van der Waals surface area (Å²) < 4.78 is 29.8. The van der Waals surface area contributed by atoms with E-state index in [0.717, 1.165) is 18.7 Å². The minimum Gasteiger partial charge on any atom is -0.494 e. The van der Waals surface area contributed by atoms with Gasteiger partial charge >= 0.3 is 0 Å². The molecule has 7 heteroatoms. The quantitative estimate of drug-likeness (QED) is 0.598. The topological polar surface area (TPSA) is 71.0 Å². The zero-order chi connectivity index (χ0) is 18.4. The van der Waals surface area contributed by atoms with Crippen molar-refractivity contribution >= 4 is 21.9 Å². The van der Waals surface area contributed by atoms with Gasteiger partial charge in [0, 0.05) is 18.8 Å². The van der Waals surface area contributed by atoms with Crippen molar-refractivity contribution in [2.75, 3.05) is 24.6 Å². The largest absolute Gasteiger partial charge is 0.494 e. The Morgan fingerprint density at radius 1 is 1.08 bits per heavy atom. The van der Waals surface area contributed by atoms with Gasteiger partial charge in [-0.05, 0) is 61.7 Å². The molecule has 0 atom stereocenters. The first kappa shape index (κ1) is 18.3. The molecule has 138 valence electrons. The van der Waals surface area contributed by atoms with Crippen LogP contribution in [0.4, 0.5) is 5.69 Å². The molecular weight excluding hydrogens is 350 g/mol. The molecular formula is C19H23N3O3S. The van der Waals surface area contributed by atoms with Crippen LogP contribution in [0.1, 0.15) is 25.3 Å². The van der Waals surface area contributed by atoms with Crippen LogP contribution in [-0.4, -0.2) is 34.3 Å². The van der Waals surface area contributed by atoms with Crippen LogP contribution in [0, 0.1) is 0 Å². The van der Waals surface area contributed by atoms with Crippen LogP contribution < -0.4 is 14.5 Å². The highest BCUT2D eigenvalue weighted by Crippen LogP contribution is 2.20. The first-order chi connectivity index (χ1) is 12.6. The number of ether oxygens (including phenoxy) is 1. The molecule has 26 heavy (non-hydrogen) atoms. The van der Waals surface area contributed by atoms with Crippen LogP contribution in [-0.2, 0) is 10.0 Å². The van der Waals surface area contributed by atoms with Crippen molar-refractivity contribution in [1.82, 2.24) is 4.83 Å². The van der Waals surface area contributed by atoms with Gasteiger partial charge in [-0.25, -0.2) is 4.83 Å². The van der Waals surface area contributed by atoms with Gasteiger partial charge in [0.25, 0.3) is 10.0 Å². The third-order valence-electron chi connectivity index (χ3n) is 4.20. The summed E-state index contributed by atoms with van der Waals surface area (Å²) in [5.41, 5.74) is 2.02. The van der Waals surface area contributed by atoms with Gasteiger partial charge in [-0.3, -0.25) is 0 Å². The maximum absolute atomic E-state index is 12.2. The Labute approximate surface area is 154 Å². The lowest BCUT2D eigenvalue weighted by molar-refractivity contribution is 0.340. The highest BCUT2D eigenvalue weighted by Gasteiger charge is 2.13. The summed E-state index contributed by atoms with van der Waals surface area (Å²) >= 11 is 0. The molecule has 2 aromatic carbocycles. The molecule has 0 unspecified atom stereocenters. The van der Waals surface area contributed by atoms with Crippen LogP contribution in [0.25, 0.3) is 0 Å². The summed E-state index contributed by atoms with van der Waals surface area (Å²) in [6, 6.07) is 14.2. The van der Waals surface area contributed by atoms with Gasteiger partial charge in [0.05, 0.1) is 17.7 Å². The molecule has 1 aliphatic heterocycles. The van der Waals surface area contributed by atoms with Crippen LogP contribution in [0.15, 0.2) is 58.5 Å². The highest BCUT2D eigenvalue weighted by molar-refractivity contribution is 7.89. The first-order valence-electron chi connectivity index (χ1n) is 8.71. The Bertz CT molecular complexity index is 841. The molecule has 0 bridgehead atoms. The molecule has 1 heterocycles. The van der Waals surface area contributed by atoms with E-state index in [1.54, 1.807) is 12.1 Å².